The molecule has 1 aromatic heterocycles. The number of anilines is 2. The van der Waals surface area contributed by atoms with Crippen LogP contribution in [0.1, 0.15) is 10.4 Å². The first-order valence-corrected chi connectivity index (χ1v) is 8.79. The van der Waals surface area contributed by atoms with Crippen molar-refractivity contribution in [3.05, 3.63) is 60.2 Å². The maximum atomic E-state index is 12.7. The molecule has 0 aliphatic rings. The highest BCUT2D eigenvalue weighted by Crippen LogP contribution is 2.36. The number of amides is 2. The Morgan fingerprint density at radius 3 is 2.37 bits per heavy atom. The van der Waals surface area contributed by atoms with E-state index >= 15 is 0 Å². The van der Waals surface area contributed by atoms with E-state index in [-0.39, 0.29) is 5.91 Å². The molecule has 2 amide bonds. The average molecular weight is 383 g/mol. The number of benzene rings is 2. The molecule has 2 N–H and O–H groups in total. The SMILES string of the molecule is COC(=O)Nc1nc(-c2ccccc2)c(NC(=O)c2ccccc2OC)s1. The Bertz CT molecular complexity index is 957. The number of ether oxygens (including phenoxy) is 2. The molecule has 0 radical (unpaired) electrons. The van der Waals surface area contributed by atoms with Crippen molar-refractivity contribution < 1.29 is 19.1 Å². The Hall–Kier alpha value is -3.39. The van der Waals surface area contributed by atoms with Gasteiger partial charge in [0.15, 0.2) is 5.13 Å². The lowest BCUT2D eigenvalue weighted by atomic mass is 10.1. The fourth-order valence-corrected chi connectivity index (χ4v) is 3.26. The molecule has 0 fully saturated rings. The summed E-state index contributed by atoms with van der Waals surface area (Å²) in [5.74, 6) is 0.131. The molecule has 2 aromatic carbocycles. The van der Waals surface area contributed by atoms with Gasteiger partial charge in [-0.15, -0.1) is 0 Å². The fourth-order valence-electron chi connectivity index (χ4n) is 2.39. The Morgan fingerprint density at radius 1 is 0.963 bits per heavy atom. The van der Waals surface area contributed by atoms with Gasteiger partial charge in [-0.1, -0.05) is 53.8 Å². The lowest BCUT2D eigenvalue weighted by molar-refractivity contribution is 0.102. The van der Waals surface area contributed by atoms with Crippen LogP contribution in [0.15, 0.2) is 54.6 Å². The van der Waals surface area contributed by atoms with Gasteiger partial charge in [0, 0.05) is 5.56 Å². The maximum absolute atomic E-state index is 12.7. The van der Waals surface area contributed by atoms with Crippen LogP contribution in [0.4, 0.5) is 14.9 Å². The molecule has 0 saturated carbocycles. The van der Waals surface area contributed by atoms with E-state index < -0.39 is 6.09 Å². The molecule has 0 unspecified atom stereocenters. The van der Waals surface area contributed by atoms with Gasteiger partial charge in [-0.25, -0.2) is 9.78 Å². The summed E-state index contributed by atoms with van der Waals surface area (Å²) in [5, 5.41) is 6.20. The molecule has 0 bridgehead atoms. The lowest BCUT2D eigenvalue weighted by Crippen LogP contribution is -2.12. The van der Waals surface area contributed by atoms with Crippen LogP contribution in [-0.4, -0.2) is 31.2 Å². The van der Waals surface area contributed by atoms with Crippen molar-refractivity contribution >= 4 is 33.5 Å². The third-order valence-corrected chi connectivity index (χ3v) is 4.53. The molecule has 0 atom stereocenters. The minimum atomic E-state index is -0.633. The summed E-state index contributed by atoms with van der Waals surface area (Å²) in [6.07, 6.45) is -0.633. The third kappa shape index (κ3) is 4.24. The van der Waals surface area contributed by atoms with Crippen LogP contribution in [-0.2, 0) is 4.74 Å². The zero-order valence-corrected chi connectivity index (χ0v) is 15.5. The van der Waals surface area contributed by atoms with Crippen molar-refractivity contribution in [3.8, 4) is 17.0 Å². The average Bonchev–Trinajstić information content (AvgIpc) is 3.10. The number of para-hydroxylation sites is 1. The topological polar surface area (TPSA) is 89.5 Å². The van der Waals surface area contributed by atoms with E-state index in [2.05, 4.69) is 20.4 Å². The van der Waals surface area contributed by atoms with Crippen molar-refractivity contribution in [3.63, 3.8) is 0 Å². The van der Waals surface area contributed by atoms with Crippen LogP contribution < -0.4 is 15.4 Å². The number of methoxy groups -OCH3 is 2. The molecule has 7 nitrogen and oxygen atoms in total. The molecule has 0 aliphatic carbocycles. The number of hydrogen-bond acceptors (Lipinski definition) is 6. The van der Waals surface area contributed by atoms with Crippen LogP contribution >= 0.6 is 11.3 Å². The van der Waals surface area contributed by atoms with Gasteiger partial charge in [0.25, 0.3) is 5.91 Å². The molecular weight excluding hydrogens is 366 g/mol. The summed E-state index contributed by atoms with van der Waals surface area (Å²) < 4.78 is 9.85. The first-order chi connectivity index (χ1) is 13.1. The number of carbonyl (C=O) groups is 2. The van der Waals surface area contributed by atoms with Gasteiger partial charge in [0.05, 0.1) is 19.8 Å². The van der Waals surface area contributed by atoms with E-state index in [1.165, 1.54) is 14.2 Å². The maximum Gasteiger partial charge on any atom is 0.413 e. The minimum Gasteiger partial charge on any atom is -0.496 e. The Morgan fingerprint density at radius 2 is 1.67 bits per heavy atom. The number of nitrogens with zero attached hydrogens (tertiary/aromatic N) is 1. The highest BCUT2D eigenvalue weighted by atomic mass is 32.1. The highest BCUT2D eigenvalue weighted by molar-refractivity contribution is 7.20. The van der Waals surface area contributed by atoms with E-state index in [0.29, 0.717) is 27.1 Å². The standard InChI is InChI=1S/C19H17N3O4S/c1-25-14-11-7-6-10-13(14)16(23)21-17-15(12-8-4-3-5-9-12)20-18(27-17)22-19(24)26-2/h3-11H,1-2H3,(H,21,23)(H,20,22,24). The lowest BCUT2D eigenvalue weighted by Gasteiger charge is -2.09. The van der Waals surface area contributed by atoms with Crippen molar-refractivity contribution in [2.45, 2.75) is 0 Å². The van der Waals surface area contributed by atoms with Crippen LogP contribution in [0.5, 0.6) is 5.75 Å². The van der Waals surface area contributed by atoms with Gasteiger partial charge in [-0.2, -0.15) is 0 Å². The Kier molecular flexibility index (Phi) is 5.68. The molecule has 0 saturated heterocycles. The summed E-state index contributed by atoms with van der Waals surface area (Å²) in [4.78, 5) is 28.7. The van der Waals surface area contributed by atoms with Crippen molar-refractivity contribution in [2.75, 3.05) is 24.9 Å². The van der Waals surface area contributed by atoms with Gasteiger partial charge < -0.3 is 14.8 Å². The zero-order chi connectivity index (χ0) is 19.2. The molecule has 8 heteroatoms. The predicted octanol–water partition coefficient (Wildman–Crippen LogP) is 4.25. The quantitative estimate of drug-likeness (QED) is 0.687. The van der Waals surface area contributed by atoms with E-state index in [9.17, 15) is 9.59 Å². The first kappa shape index (κ1) is 18.4. The number of rotatable bonds is 5. The second-order valence-electron chi connectivity index (χ2n) is 5.33. The fraction of sp³-hybridized carbons (Fsp3) is 0.105. The number of aromatic nitrogens is 1. The first-order valence-electron chi connectivity index (χ1n) is 7.98. The van der Waals surface area contributed by atoms with Gasteiger partial charge in [0.2, 0.25) is 0 Å². The summed E-state index contributed by atoms with van der Waals surface area (Å²) in [7, 11) is 2.78. The smallest absolute Gasteiger partial charge is 0.413 e. The van der Waals surface area contributed by atoms with Gasteiger partial charge in [-0.3, -0.25) is 10.1 Å². The largest absolute Gasteiger partial charge is 0.496 e. The van der Waals surface area contributed by atoms with Gasteiger partial charge >= 0.3 is 6.09 Å². The summed E-state index contributed by atoms with van der Waals surface area (Å²) >= 11 is 1.14. The number of thiazole rings is 1. The second kappa shape index (κ2) is 8.33. The van der Waals surface area contributed by atoms with E-state index in [1.807, 2.05) is 30.3 Å². The van der Waals surface area contributed by atoms with E-state index in [1.54, 1.807) is 24.3 Å². The van der Waals surface area contributed by atoms with Gasteiger partial charge in [0.1, 0.15) is 16.4 Å². The predicted molar refractivity (Wildman–Crippen MR) is 105 cm³/mol. The minimum absolute atomic E-state index is 0.316. The third-order valence-electron chi connectivity index (χ3n) is 3.65. The molecule has 3 aromatic rings. The second-order valence-corrected chi connectivity index (χ2v) is 6.33. The normalized spacial score (nSPS) is 10.1. The van der Waals surface area contributed by atoms with E-state index in [4.69, 9.17) is 4.74 Å². The number of nitrogens with one attached hydrogen (secondary N) is 2. The summed E-state index contributed by atoms with van der Waals surface area (Å²) in [6.45, 7) is 0. The molecular formula is C19H17N3O4S. The molecule has 0 aliphatic heterocycles. The van der Waals surface area contributed by atoms with E-state index in [0.717, 1.165) is 16.9 Å². The summed E-state index contributed by atoms with van der Waals surface area (Å²) in [5.41, 5.74) is 1.76. The molecule has 1 heterocycles. The Balaban J connectivity index is 1.95. The van der Waals surface area contributed by atoms with Crippen LogP contribution in [0, 0.1) is 0 Å². The molecule has 0 spiro atoms. The number of carbonyl (C=O) groups excluding carboxylic acids is 2. The van der Waals surface area contributed by atoms with Gasteiger partial charge in [-0.05, 0) is 12.1 Å². The molecule has 138 valence electrons. The van der Waals surface area contributed by atoms with Crippen molar-refractivity contribution in [2.24, 2.45) is 0 Å². The highest BCUT2D eigenvalue weighted by Gasteiger charge is 2.19. The van der Waals surface area contributed by atoms with Crippen LogP contribution in [0.2, 0.25) is 0 Å². The molecule has 27 heavy (non-hydrogen) atoms. The molecule has 3 rings (SSSR count). The van der Waals surface area contributed by atoms with Crippen molar-refractivity contribution in [1.29, 1.82) is 0 Å². The Labute approximate surface area is 160 Å². The monoisotopic (exact) mass is 383 g/mol. The number of hydrogen-bond donors (Lipinski definition) is 2. The van der Waals surface area contributed by atoms with Crippen LogP contribution in [0.3, 0.4) is 0 Å². The zero-order valence-electron chi connectivity index (χ0n) is 14.7. The van der Waals surface area contributed by atoms with Crippen LogP contribution in [0.25, 0.3) is 11.3 Å². The summed E-state index contributed by atoms with van der Waals surface area (Å²) in [6, 6.07) is 16.3. The van der Waals surface area contributed by atoms with Crippen molar-refractivity contribution in [1.82, 2.24) is 4.98 Å².